The second kappa shape index (κ2) is 5.26. The minimum Gasteiger partial charge on any atom is -0.456 e. The predicted molar refractivity (Wildman–Crippen MR) is 87.6 cm³/mol. The maximum Gasteiger partial charge on any atom is 0.326 e. The zero-order chi connectivity index (χ0) is 17.2. The SMILES string of the molecule is CC1(C)O[C@@H]2[C@H](O1)[C@@H]1N[C@H](CO[Si](C)(C)C(C)(C)C)[C@H]2OC1=O. The first-order chi connectivity index (χ1) is 10.4. The standard InChI is InChI=1S/C16H29NO5Si/c1-15(2,3)23(6,7)19-8-9-11-13-12(21-16(4,5)22-13)10(17-9)14(18)20-11/h9-13,17H,8H2,1-7H3/t9-,10+,11-,12-,13+/m1/s1. The van der Waals surface area contributed by atoms with E-state index in [0.29, 0.717) is 6.61 Å². The van der Waals surface area contributed by atoms with Crippen molar-refractivity contribution >= 4 is 14.3 Å². The third-order valence-corrected chi connectivity index (χ3v) is 10.0. The van der Waals surface area contributed by atoms with Crippen LogP contribution < -0.4 is 5.32 Å². The summed E-state index contributed by atoms with van der Waals surface area (Å²) in [4.78, 5) is 12.1. The van der Waals surface area contributed by atoms with Crippen molar-refractivity contribution in [1.82, 2.24) is 5.32 Å². The molecule has 0 amide bonds. The van der Waals surface area contributed by atoms with Gasteiger partial charge < -0.3 is 18.6 Å². The number of morpholine rings is 1. The number of hydrogen-bond donors (Lipinski definition) is 1. The van der Waals surface area contributed by atoms with Crippen molar-refractivity contribution in [3.8, 4) is 0 Å². The maximum atomic E-state index is 12.1. The highest BCUT2D eigenvalue weighted by Crippen LogP contribution is 2.41. The molecule has 6 nitrogen and oxygen atoms in total. The van der Waals surface area contributed by atoms with Crippen molar-refractivity contribution in [2.75, 3.05) is 6.61 Å². The van der Waals surface area contributed by atoms with Gasteiger partial charge in [-0.15, -0.1) is 0 Å². The fraction of sp³-hybridized carbons (Fsp3) is 0.938. The van der Waals surface area contributed by atoms with Crippen LogP contribution in [0.5, 0.6) is 0 Å². The van der Waals surface area contributed by atoms with Gasteiger partial charge in [0.05, 0.1) is 12.6 Å². The molecule has 23 heavy (non-hydrogen) atoms. The highest BCUT2D eigenvalue weighted by Gasteiger charge is 2.62. The number of fused-ring (bicyclic) bond motifs is 2. The monoisotopic (exact) mass is 343 g/mol. The molecule has 0 saturated carbocycles. The number of nitrogens with one attached hydrogen (secondary N) is 1. The summed E-state index contributed by atoms with van der Waals surface area (Å²) >= 11 is 0. The molecule has 0 aromatic rings. The fourth-order valence-corrected chi connectivity index (χ4v) is 4.22. The Bertz CT molecular complexity index is 501. The lowest BCUT2D eigenvalue weighted by Crippen LogP contribution is -2.73. The number of piperidine rings is 1. The zero-order valence-electron chi connectivity index (χ0n) is 15.1. The van der Waals surface area contributed by atoms with Gasteiger partial charge >= 0.3 is 5.97 Å². The molecule has 5 atom stereocenters. The number of ether oxygens (including phenoxy) is 3. The molecule has 2 bridgehead atoms. The minimum absolute atomic E-state index is 0.0504. The van der Waals surface area contributed by atoms with Gasteiger partial charge in [-0.2, -0.15) is 0 Å². The van der Waals surface area contributed by atoms with Crippen LogP contribution in [0.3, 0.4) is 0 Å². The van der Waals surface area contributed by atoms with E-state index in [2.05, 4.69) is 39.2 Å². The largest absolute Gasteiger partial charge is 0.456 e. The Kier molecular flexibility index (Phi) is 3.97. The van der Waals surface area contributed by atoms with Crippen LogP contribution in [-0.2, 0) is 23.4 Å². The Hall–Kier alpha value is -0.473. The third-order valence-electron chi connectivity index (χ3n) is 5.54. The Morgan fingerprint density at radius 2 is 1.78 bits per heavy atom. The molecule has 4 saturated heterocycles. The smallest absolute Gasteiger partial charge is 0.326 e. The van der Waals surface area contributed by atoms with E-state index in [9.17, 15) is 4.79 Å². The molecule has 4 aliphatic rings. The van der Waals surface area contributed by atoms with Crippen molar-refractivity contribution in [2.45, 2.75) is 88.9 Å². The molecular weight excluding hydrogens is 314 g/mol. The van der Waals surface area contributed by atoms with Crippen LogP contribution in [0.1, 0.15) is 34.6 Å². The highest BCUT2D eigenvalue weighted by atomic mass is 28.4. The van der Waals surface area contributed by atoms with Gasteiger partial charge in [-0.1, -0.05) is 20.8 Å². The van der Waals surface area contributed by atoms with Crippen LogP contribution >= 0.6 is 0 Å². The van der Waals surface area contributed by atoms with E-state index >= 15 is 0 Å². The van der Waals surface area contributed by atoms with E-state index in [1.165, 1.54) is 0 Å². The Morgan fingerprint density at radius 3 is 2.39 bits per heavy atom. The summed E-state index contributed by atoms with van der Waals surface area (Å²) in [5.74, 6) is -0.933. The van der Waals surface area contributed by atoms with Gasteiger partial charge in [-0.3, -0.25) is 10.1 Å². The van der Waals surface area contributed by atoms with Crippen LogP contribution in [0.15, 0.2) is 0 Å². The summed E-state index contributed by atoms with van der Waals surface area (Å²) in [5, 5.41) is 3.50. The molecule has 4 aliphatic heterocycles. The summed E-state index contributed by atoms with van der Waals surface area (Å²) in [7, 11) is -1.85. The second-order valence-corrected chi connectivity index (χ2v) is 13.6. The van der Waals surface area contributed by atoms with E-state index in [1.54, 1.807) is 0 Å². The van der Waals surface area contributed by atoms with Gasteiger partial charge in [-0.05, 0) is 32.0 Å². The summed E-state index contributed by atoms with van der Waals surface area (Å²) in [5.41, 5.74) is 0. The van der Waals surface area contributed by atoms with E-state index in [4.69, 9.17) is 18.6 Å². The average Bonchev–Trinajstić information content (AvgIpc) is 2.72. The first-order valence-electron chi connectivity index (χ1n) is 8.37. The lowest BCUT2D eigenvalue weighted by Gasteiger charge is -2.48. The lowest BCUT2D eigenvalue weighted by atomic mass is 9.87. The Labute approximate surface area is 139 Å². The minimum atomic E-state index is -1.85. The van der Waals surface area contributed by atoms with E-state index in [0.717, 1.165) is 0 Å². The molecule has 4 fully saturated rings. The Morgan fingerprint density at radius 1 is 1.17 bits per heavy atom. The van der Waals surface area contributed by atoms with Crippen LogP contribution in [-0.4, -0.2) is 57.1 Å². The van der Waals surface area contributed by atoms with Gasteiger partial charge in [0, 0.05) is 0 Å². The van der Waals surface area contributed by atoms with Crippen LogP contribution in [0.25, 0.3) is 0 Å². The molecule has 4 heterocycles. The molecule has 0 aromatic heterocycles. The molecular formula is C16H29NO5Si. The molecule has 0 unspecified atom stereocenters. The number of rotatable bonds is 3. The average molecular weight is 343 g/mol. The fourth-order valence-electron chi connectivity index (χ4n) is 3.19. The predicted octanol–water partition coefficient (Wildman–Crippen LogP) is 1.79. The molecule has 4 rings (SSSR count). The molecule has 0 spiro atoms. The molecule has 0 radical (unpaired) electrons. The first kappa shape index (κ1) is 17.4. The van der Waals surface area contributed by atoms with Crippen molar-refractivity contribution in [2.24, 2.45) is 0 Å². The van der Waals surface area contributed by atoms with E-state index < -0.39 is 20.1 Å². The molecule has 0 aromatic carbocycles. The highest BCUT2D eigenvalue weighted by molar-refractivity contribution is 6.74. The summed E-state index contributed by atoms with van der Waals surface area (Å²) in [6.07, 6.45) is -0.855. The van der Waals surface area contributed by atoms with Crippen LogP contribution in [0.2, 0.25) is 18.1 Å². The first-order valence-corrected chi connectivity index (χ1v) is 11.3. The van der Waals surface area contributed by atoms with Gasteiger partial charge in [0.2, 0.25) is 0 Å². The number of carbonyl (C=O) groups excluding carboxylic acids is 1. The topological polar surface area (TPSA) is 66.0 Å². The zero-order valence-corrected chi connectivity index (χ0v) is 16.1. The van der Waals surface area contributed by atoms with Gasteiger partial charge in [-0.25, -0.2) is 0 Å². The summed E-state index contributed by atoms with van der Waals surface area (Å²) in [6.45, 7) is 15.4. The van der Waals surface area contributed by atoms with E-state index in [-0.39, 0.29) is 35.4 Å². The number of carbonyl (C=O) groups is 1. The van der Waals surface area contributed by atoms with Gasteiger partial charge in [0.15, 0.2) is 14.1 Å². The molecule has 132 valence electrons. The maximum absolute atomic E-state index is 12.1. The molecule has 7 heteroatoms. The van der Waals surface area contributed by atoms with Gasteiger partial charge in [0.25, 0.3) is 0 Å². The van der Waals surface area contributed by atoms with Crippen molar-refractivity contribution in [1.29, 1.82) is 0 Å². The Balaban J connectivity index is 1.71. The third kappa shape index (κ3) is 2.97. The quantitative estimate of drug-likeness (QED) is 0.623. The van der Waals surface area contributed by atoms with E-state index in [1.807, 2.05) is 13.8 Å². The van der Waals surface area contributed by atoms with Crippen LogP contribution in [0.4, 0.5) is 0 Å². The number of hydrogen-bond acceptors (Lipinski definition) is 6. The molecule has 1 N–H and O–H groups in total. The van der Waals surface area contributed by atoms with Gasteiger partial charge in [0.1, 0.15) is 24.4 Å². The van der Waals surface area contributed by atoms with Crippen LogP contribution in [0, 0.1) is 0 Å². The van der Waals surface area contributed by atoms with Crippen molar-refractivity contribution in [3.63, 3.8) is 0 Å². The lowest BCUT2D eigenvalue weighted by molar-refractivity contribution is -0.191. The van der Waals surface area contributed by atoms with Crippen molar-refractivity contribution in [3.05, 3.63) is 0 Å². The van der Waals surface area contributed by atoms with Crippen molar-refractivity contribution < 1.29 is 23.4 Å². The second-order valence-electron chi connectivity index (χ2n) is 8.79. The summed E-state index contributed by atoms with van der Waals surface area (Å²) in [6, 6.07) is -0.523. The normalized spacial score (nSPS) is 39.3. The summed E-state index contributed by atoms with van der Waals surface area (Å²) < 4.78 is 23.8. The number of esters is 1. The molecule has 0 aliphatic carbocycles.